The molecule has 1 unspecified atom stereocenters. The summed E-state index contributed by atoms with van der Waals surface area (Å²) in [6.07, 6.45) is 3.97. The van der Waals surface area contributed by atoms with E-state index in [2.05, 4.69) is 27.6 Å². The first-order valence-electron chi connectivity index (χ1n) is 11.1. The Bertz CT molecular complexity index is 1190. The van der Waals surface area contributed by atoms with Gasteiger partial charge in [0.05, 0.1) is 30.3 Å². The van der Waals surface area contributed by atoms with E-state index in [1.165, 1.54) is 7.11 Å². The van der Waals surface area contributed by atoms with E-state index in [0.29, 0.717) is 28.5 Å². The molecule has 1 aliphatic rings. The average Bonchev–Trinajstić information content (AvgIpc) is 3.09. The number of hydrogen-bond donors (Lipinski definition) is 3. The number of pyridine rings is 1. The minimum Gasteiger partial charge on any atom is -0.496 e. The maximum absolute atomic E-state index is 13.3. The summed E-state index contributed by atoms with van der Waals surface area (Å²) >= 11 is 0. The Morgan fingerprint density at radius 2 is 2.09 bits per heavy atom. The topological polar surface area (TPSA) is 101 Å². The quantitative estimate of drug-likeness (QED) is 0.551. The molecule has 1 amide bonds. The molecule has 0 bridgehead atoms. The largest absolute Gasteiger partial charge is 0.496 e. The van der Waals surface area contributed by atoms with Crippen LogP contribution in [0.15, 0.2) is 29.2 Å². The van der Waals surface area contributed by atoms with E-state index >= 15 is 0 Å². The van der Waals surface area contributed by atoms with Crippen LogP contribution in [0.2, 0.25) is 0 Å². The smallest absolute Gasteiger partial charge is 0.256 e. The Morgan fingerprint density at radius 1 is 1.34 bits per heavy atom. The number of fused-ring (bicyclic) bond motifs is 1. The zero-order chi connectivity index (χ0) is 22.8. The number of rotatable bonds is 6. The number of ether oxygens (including phenoxy) is 1. The average molecular weight is 438 g/mol. The first-order chi connectivity index (χ1) is 15.4. The number of H-pyrrole nitrogens is 1. The molecule has 1 atom stereocenters. The van der Waals surface area contributed by atoms with Crippen molar-refractivity contribution in [3.8, 4) is 5.75 Å². The van der Waals surface area contributed by atoms with Crippen LogP contribution in [0.4, 0.5) is 0 Å². The summed E-state index contributed by atoms with van der Waals surface area (Å²) in [5.41, 5.74) is 4.26. The number of aromatic amines is 1. The Labute approximate surface area is 187 Å². The zero-order valence-corrected chi connectivity index (χ0v) is 19.1. The molecule has 0 spiro atoms. The Hall–Kier alpha value is -3.13. The standard InChI is InChI=1S/C24H31N5O3/c1-14-12-20(32-4)18(23(30)28-14)13-26-24(31)21-16(3)22(29-19(21)6-5-9-27-29)15(2)17-7-10-25-11-8-17/h5-6,9,12,15,17,25H,7-8,10-11,13H2,1-4H3,(H,26,31)(H,28,30). The molecule has 0 aromatic carbocycles. The fraction of sp³-hybridized carbons (Fsp3) is 0.458. The van der Waals surface area contributed by atoms with Gasteiger partial charge in [-0.1, -0.05) is 6.92 Å². The van der Waals surface area contributed by atoms with Crippen molar-refractivity contribution in [1.29, 1.82) is 0 Å². The van der Waals surface area contributed by atoms with Crippen LogP contribution in [-0.4, -0.2) is 40.7 Å². The van der Waals surface area contributed by atoms with E-state index in [0.717, 1.165) is 42.7 Å². The zero-order valence-electron chi connectivity index (χ0n) is 19.1. The molecular formula is C24H31N5O3. The third kappa shape index (κ3) is 4.02. The second-order valence-electron chi connectivity index (χ2n) is 8.59. The highest BCUT2D eigenvalue weighted by molar-refractivity contribution is 6.03. The first-order valence-corrected chi connectivity index (χ1v) is 11.1. The molecule has 3 aromatic rings. The van der Waals surface area contributed by atoms with Crippen molar-refractivity contribution in [2.45, 2.75) is 46.1 Å². The molecule has 1 saturated heterocycles. The lowest BCUT2D eigenvalue weighted by molar-refractivity contribution is 0.0951. The van der Waals surface area contributed by atoms with Gasteiger partial charge in [-0.05, 0) is 69.5 Å². The fourth-order valence-electron chi connectivity index (χ4n) is 4.91. The van der Waals surface area contributed by atoms with E-state index in [4.69, 9.17) is 4.74 Å². The number of methoxy groups -OCH3 is 1. The molecule has 4 heterocycles. The van der Waals surface area contributed by atoms with E-state index in [1.54, 1.807) is 19.2 Å². The Morgan fingerprint density at radius 3 is 2.81 bits per heavy atom. The maximum atomic E-state index is 13.3. The highest BCUT2D eigenvalue weighted by atomic mass is 16.5. The van der Waals surface area contributed by atoms with E-state index in [-0.39, 0.29) is 23.9 Å². The van der Waals surface area contributed by atoms with Crippen LogP contribution in [0.3, 0.4) is 0 Å². The highest BCUT2D eigenvalue weighted by Crippen LogP contribution is 2.35. The Balaban J connectivity index is 1.67. The number of nitrogens with one attached hydrogen (secondary N) is 3. The van der Waals surface area contributed by atoms with E-state index < -0.39 is 0 Å². The van der Waals surface area contributed by atoms with Crippen molar-refractivity contribution in [2.24, 2.45) is 5.92 Å². The summed E-state index contributed by atoms with van der Waals surface area (Å²) in [5.74, 6) is 1.06. The third-order valence-corrected chi connectivity index (χ3v) is 6.62. The molecule has 8 heteroatoms. The summed E-state index contributed by atoms with van der Waals surface area (Å²) in [6, 6.07) is 5.52. The number of aryl methyl sites for hydroxylation is 1. The minimum absolute atomic E-state index is 0.0772. The van der Waals surface area contributed by atoms with Gasteiger partial charge in [0.25, 0.3) is 11.5 Å². The number of piperidine rings is 1. The predicted molar refractivity (Wildman–Crippen MR) is 123 cm³/mol. The van der Waals surface area contributed by atoms with Crippen LogP contribution < -0.4 is 20.9 Å². The van der Waals surface area contributed by atoms with Crippen molar-refractivity contribution in [3.63, 3.8) is 0 Å². The lowest BCUT2D eigenvalue weighted by Gasteiger charge is -2.28. The lowest BCUT2D eigenvalue weighted by Crippen LogP contribution is -2.30. The van der Waals surface area contributed by atoms with Gasteiger partial charge in [-0.2, -0.15) is 5.10 Å². The molecular weight excluding hydrogens is 406 g/mol. The van der Waals surface area contributed by atoms with Crippen molar-refractivity contribution >= 4 is 11.4 Å². The third-order valence-electron chi connectivity index (χ3n) is 6.62. The number of carbonyl (C=O) groups excluding carboxylic acids is 1. The van der Waals surface area contributed by atoms with Crippen molar-refractivity contribution in [2.75, 3.05) is 20.2 Å². The molecule has 1 aliphatic heterocycles. The van der Waals surface area contributed by atoms with Crippen LogP contribution >= 0.6 is 0 Å². The molecule has 1 fully saturated rings. The minimum atomic E-state index is -0.262. The van der Waals surface area contributed by atoms with Crippen LogP contribution in [0, 0.1) is 19.8 Å². The van der Waals surface area contributed by atoms with Gasteiger partial charge in [-0.25, -0.2) is 4.52 Å². The fourth-order valence-corrected chi connectivity index (χ4v) is 4.91. The predicted octanol–water partition coefficient (Wildman–Crippen LogP) is 2.68. The van der Waals surface area contributed by atoms with Gasteiger partial charge in [0, 0.05) is 23.5 Å². The number of amides is 1. The lowest BCUT2D eigenvalue weighted by atomic mass is 9.83. The summed E-state index contributed by atoms with van der Waals surface area (Å²) in [5, 5.41) is 10.9. The molecule has 8 nitrogen and oxygen atoms in total. The monoisotopic (exact) mass is 437 g/mol. The molecule has 32 heavy (non-hydrogen) atoms. The van der Waals surface area contributed by atoms with Crippen molar-refractivity contribution < 1.29 is 9.53 Å². The second-order valence-corrected chi connectivity index (χ2v) is 8.59. The molecule has 0 saturated carbocycles. The van der Waals surface area contributed by atoms with Gasteiger partial charge in [0.2, 0.25) is 0 Å². The highest BCUT2D eigenvalue weighted by Gasteiger charge is 2.29. The van der Waals surface area contributed by atoms with Crippen molar-refractivity contribution in [1.82, 2.24) is 25.2 Å². The van der Waals surface area contributed by atoms with Gasteiger partial charge in [-0.3, -0.25) is 9.59 Å². The molecule has 0 aliphatic carbocycles. The second kappa shape index (κ2) is 9.16. The number of hydrogen-bond acceptors (Lipinski definition) is 5. The summed E-state index contributed by atoms with van der Waals surface area (Å²) in [6.45, 7) is 8.14. The van der Waals surface area contributed by atoms with Gasteiger partial charge in [0.15, 0.2) is 0 Å². The van der Waals surface area contributed by atoms with E-state index in [1.807, 2.05) is 23.6 Å². The van der Waals surface area contributed by atoms with Crippen LogP contribution in [0.5, 0.6) is 5.75 Å². The molecule has 170 valence electrons. The molecule has 3 N–H and O–H groups in total. The molecule has 4 rings (SSSR count). The van der Waals surface area contributed by atoms with Gasteiger partial charge < -0.3 is 20.4 Å². The molecule has 3 aromatic heterocycles. The van der Waals surface area contributed by atoms with Crippen LogP contribution in [-0.2, 0) is 6.54 Å². The van der Waals surface area contributed by atoms with Gasteiger partial charge in [0.1, 0.15) is 5.75 Å². The number of nitrogens with zero attached hydrogens (tertiary/aromatic N) is 2. The summed E-state index contributed by atoms with van der Waals surface area (Å²) in [7, 11) is 1.52. The summed E-state index contributed by atoms with van der Waals surface area (Å²) in [4.78, 5) is 28.5. The number of aromatic nitrogens is 3. The van der Waals surface area contributed by atoms with Crippen LogP contribution in [0.1, 0.15) is 58.6 Å². The molecule has 0 radical (unpaired) electrons. The van der Waals surface area contributed by atoms with Crippen molar-refractivity contribution in [3.05, 3.63) is 62.8 Å². The van der Waals surface area contributed by atoms with Crippen LogP contribution in [0.25, 0.3) is 5.52 Å². The summed E-state index contributed by atoms with van der Waals surface area (Å²) < 4.78 is 7.26. The normalized spacial score (nSPS) is 15.6. The SMILES string of the molecule is COc1cc(C)[nH]c(=O)c1CNC(=O)c1c(C)c(C(C)C2CCNCC2)n2ncccc12. The maximum Gasteiger partial charge on any atom is 0.256 e. The Kier molecular flexibility index (Phi) is 6.32. The van der Waals surface area contributed by atoms with Gasteiger partial charge >= 0.3 is 0 Å². The van der Waals surface area contributed by atoms with Gasteiger partial charge in [-0.15, -0.1) is 0 Å². The first kappa shape index (κ1) is 22.1. The van der Waals surface area contributed by atoms with E-state index in [9.17, 15) is 9.59 Å². The number of carbonyl (C=O) groups is 1.